The van der Waals surface area contributed by atoms with Crippen LogP contribution in [0.5, 0.6) is 0 Å². The molecular weight excluding hydrogens is 330 g/mol. The number of nitrogens with zero attached hydrogens (tertiary/aromatic N) is 6. The largest absolute Gasteiger partial charge is 0.383 e. The second kappa shape index (κ2) is 6.80. The molecule has 1 fully saturated rings. The Kier molecular flexibility index (Phi) is 4.34. The first-order chi connectivity index (χ1) is 12.6. The lowest BCUT2D eigenvalue weighted by Crippen LogP contribution is -2.36. The Morgan fingerprint density at radius 1 is 1.15 bits per heavy atom. The van der Waals surface area contributed by atoms with Gasteiger partial charge in [0.15, 0.2) is 5.65 Å². The van der Waals surface area contributed by atoms with Crippen LogP contribution in [0.15, 0.2) is 30.5 Å². The van der Waals surface area contributed by atoms with Crippen molar-refractivity contribution in [3.05, 3.63) is 36.0 Å². The van der Waals surface area contributed by atoms with Crippen molar-refractivity contribution in [1.29, 1.82) is 0 Å². The van der Waals surface area contributed by atoms with Crippen LogP contribution in [0, 0.1) is 0 Å². The lowest BCUT2D eigenvalue weighted by Gasteiger charge is -2.29. The Bertz CT molecular complexity index is 900. The van der Waals surface area contributed by atoms with Crippen molar-refractivity contribution >= 4 is 28.5 Å². The molecule has 0 spiro atoms. The van der Waals surface area contributed by atoms with Gasteiger partial charge in [0.05, 0.1) is 24.8 Å². The summed E-state index contributed by atoms with van der Waals surface area (Å²) in [5.41, 5.74) is 9.22. The molecule has 8 nitrogen and oxygen atoms in total. The van der Waals surface area contributed by atoms with Gasteiger partial charge in [-0.1, -0.05) is 12.1 Å². The van der Waals surface area contributed by atoms with Crippen LogP contribution in [0.3, 0.4) is 0 Å². The molecule has 1 saturated heterocycles. The van der Waals surface area contributed by atoms with Crippen molar-refractivity contribution in [2.24, 2.45) is 7.05 Å². The van der Waals surface area contributed by atoms with Crippen LogP contribution < -0.4 is 15.5 Å². The topological polar surface area (TPSA) is 85.3 Å². The van der Waals surface area contributed by atoms with E-state index in [1.165, 1.54) is 11.3 Å². The molecule has 4 rings (SSSR count). The van der Waals surface area contributed by atoms with Gasteiger partial charge in [-0.25, -0.2) is 0 Å². The second-order valence-corrected chi connectivity index (χ2v) is 6.54. The molecule has 3 aromatic rings. The number of nitrogens with two attached hydrogens (primary N) is 1. The number of rotatable bonds is 4. The number of benzene rings is 1. The van der Waals surface area contributed by atoms with Crippen molar-refractivity contribution in [2.45, 2.75) is 6.54 Å². The average molecular weight is 353 g/mol. The molecule has 0 radical (unpaired) electrons. The summed E-state index contributed by atoms with van der Waals surface area (Å²) in [5.74, 6) is 1.04. The van der Waals surface area contributed by atoms with Gasteiger partial charge in [0, 0.05) is 39.4 Å². The number of ether oxygens (including phenoxy) is 1. The lowest BCUT2D eigenvalue weighted by molar-refractivity contribution is 0.122. The highest BCUT2D eigenvalue weighted by molar-refractivity contribution is 5.86. The van der Waals surface area contributed by atoms with Gasteiger partial charge in [-0.2, -0.15) is 15.1 Å². The van der Waals surface area contributed by atoms with Crippen LogP contribution in [0.25, 0.3) is 11.0 Å². The van der Waals surface area contributed by atoms with Crippen LogP contribution in [0.4, 0.5) is 17.5 Å². The van der Waals surface area contributed by atoms with E-state index >= 15 is 0 Å². The third-order valence-electron chi connectivity index (χ3n) is 4.68. The summed E-state index contributed by atoms with van der Waals surface area (Å²) in [6.45, 7) is 4.17. The van der Waals surface area contributed by atoms with Gasteiger partial charge in [0.1, 0.15) is 5.82 Å². The normalized spacial score (nSPS) is 14.8. The monoisotopic (exact) mass is 353 g/mol. The molecule has 1 aromatic carbocycles. The minimum Gasteiger partial charge on any atom is -0.383 e. The van der Waals surface area contributed by atoms with Crippen molar-refractivity contribution in [2.75, 3.05) is 48.9 Å². The molecule has 1 aliphatic rings. The minimum absolute atomic E-state index is 0.451. The van der Waals surface area contributed by atoms with Crippen LogP contribution >= 0.6 is 0 Å². The Morgan fingerprint density at radius 3 is 2.62 bits per heavy atom. The van der Waals surface area contributed by atoms with Crippen molar-refractivity contribution in [3.8, 4) is 0 Å². The van der Waals surface area contributed by atoms with Crippen molar-refractivity contribution < 1.29 is 4.74 Å². The van der Waals surface area contributed by atoms with E-state index in [4.69, 9.17) is 10.5 Å². The molecule has 0 aliphatic carbocycles. The lowest BCUT2D eigenvalue weighted by atomic mass is 10.2. The summed E-state index contributed by atoms with van der Waals surface area (Å²) in [5, 5.41) is 4.97. The molecule has 1 aliphatic heterocycles. The van der Waals surface area contributed by atoms with Gasteiger partial charge in [0.2, 0.25) is 5.95 Å². The molecule has 0 amide bonds. The summed E-state index contributed by atoms with van der Waals surface area (Å²) < 4.78 is 7.12. The maximum Gasteiger partial charge on any atom is 0.229 e. The van der Waals surface area contributed by atoms with Gasteiger partial charge < -0.3 is 20.3 Å². The number of nitrogen functional groups attached to an aromatic ring is 1. The van der Waals surface area contributed by atoms with Crippen LogP contribution in [-0.4, -0.2) is 53.1 Å². The fraction of sp³-hybridized carbons (Fsp3) is 0.389. The Hall–Kier alpha value is -2.87. The van der Waals surface area contributed by atoms with E-state index in [1.807, 2.05) is 19.0 Å². The summed E-state index contributed by atoms with van der Waals surface area (Å²) in [4.78, 5) is 13.4. The number of anilines is 3. The van der Waals surface area contributed by atoms with Gasteiger partial charge >= 0.3 is 0 Å². The molecule has 0 unspecified atom stereocenters. The second-order valence-electron chi connectivity index (χ2n) is 6.54. The average Bonchev–Trinajstić information content (AvgIpc) is 3.05. The van der Waals surface area contributed by atoms with Crippen LogP contribution in [0.1, 0.15) is 5.56 Å². The third kappa shape index (κ3) is 3.15. The maximum atomic E-state index is 6.06. The summed E-state index contributed by atoms with van der Waals surface area (Å²) in [7, 11) is 3.82. The molecule has 0 atom stereocenters. The molecule has 2 N–H and O–H groups in total. The summed E-state index contributed by atoms with van der Waals surface area (Å²) in [6, 6.07) is 8.61. The molecular formula is C18H23N7O. The van der Waals surface area contributed by atoms with E-state index in [0.29, 0.717) is 18.3 Å². The van der Waals surface area contributed by atoms with Gasteiger partial charge in [-0.3, -0.25) is 4.68 Å². The molecule has 2 aromatic heterocycles. The van der Waals surface area contributed by atoms with Crippen molar-refractivity contribution in [3.63, 3.8) is 0 Å². The number of aryl methyl sites for hydroxylation is 1. The highest BCUT2D eigenvalue weighted by Crippen LogP contribution is 2.22. The molecule has 3 heterocycles. The highest BCUT2D eigenvalue weighted by Gasteiger charge is 2.14. The zero-order valence-electron chi connectivity index (χ0n) is 15.1. The first-order valence-corrected chi connectivity index (χ1v) is 8.70. The zero-order valence-corrected chi connectivity index (χ0v) is 15.1. The highest BCUT2D eigenvalue weighted by atomic mass is 16.5. The fourth-order valence-corrected chi connectivity index (χ4v) is 3.18. The van der Waals surface area contributed by atoms with E-state index in [2.05, 4.69) is 44.2 Å². The van der Waals surface area contributed by atoms with Crippen LogP contribution in [-0.2, 0) is 18.3 Å². The Balaban J connectivity index is 1.50. The minimum atomic E-state index is 0.451. The number of hydrogen-bond acceptors (Lipinski definition) is 7. The predicted molar refractivity (Wildman–Crippen MR) is 102 cm³/mol. The number of morpholine rings is 1. The van der Waals surface area contributed by atoms with E-state index in [1.54, 1.807) is 10.9 Å². The smallest absolute Gasteiger partial charge is 0.229 e. The fourth-order valence-electron chi connectivity index (χ4n) is 3.18. The molecule has 136 valence electrons. The number of aromatic nitrogens is 4. The predicted octanol–water partition coefficient (Wildman–Crippen LogP) is 1.42. The van der Waals surface area contributed by atoms with E-state index < -0.39 is 0 Å². The first kappa shape index (κ1) is 16.6. The Labute approximate surface area is 152 Å². The number of fused-ring (bicyclic) bond motifs is 1. The van der Waals surface area contributed by atoms with Crippen LogP contribution in [0.2, 0.25) is 0 Å². The standard InChI is InChI=1S/C18H23N7O/c1-23(18-21-16(19)15-11-20-24(2)17(15)22-18)12-13-3-5-14(6-4-13)25-7-9-26-10-8-25/h3-6,11H,7-10,12H2,1-2H3,(H2,19,21,22). The maximum absolute atomic E-state index is 6.06. The van der Waals surface area contributed by atoms with E-state index in [-0.39, 0.29) is 0 Å². The number of hydrogen-bond donors (Lipinski definition) is 1. The molecule has 26 heavy (non-hydrogen) atoms. The van der Waals surface area contributed by atoms with E-state index in [9.17, 15) is 0 Å². The van der Waals surface area contributed by atoms with Gasteiger partial charge in [-0.15, -0.1) is 0 Å². The summed E-state index contributed by atoms with van der Waals surface area (Å²) in [6.07, 6.45) is 1.69. The van der Waals surface area contributed by atoms with Gasteiger partial charge in [-0.05, 0) is 17.7 Å². The quantitative estimate of drug-likeness (QED) is 0.759. The molecule has 0 bridgehead atoms. The third-order valence-corrected chi connectivity index (χ3v) is 4.68. The molecule has 8 heteroatoms. The van der Waals surface area contributed by atoms with Gasteiger partial charge in [0.25, 0.3) is 0 Å². The SMILES string of the molecule is CN(Cc1ccc(N2CCOCC2)cc1)c1nc(N)c2cnn(C)c2n1. The van der Waals surface area contributed by atoms with E-state index in [0.717, 1.165) is 37.3 Å². The summed E-state index contributed by atoms with van der Waals surface area (Å²) >= 11 is 0. The Morgan fingerprint density at radius 2 is 1.88 bits per heavy atom. The van der Waals surface area contributed by atoms with Crippen molar-refractivity contribution in [1.82, 2.24) is 19.7 Å². The molecule has 0 saturated carbocycles. The first-order valence-electron chi connectivity index (χ1n) is 8.70. The zero-order chi connectivity index (χ0) is 18.1.